The molecule has 1 amide bonds. The summed E-state index contributed by atoms with van der Waals surface area (Å²) in [5.74, 6) is 0.147. The first-order valence-electron chi connectivity index (χ1n) is 7.80. The quantitative estimate of drug-likeness (QED) is 0.870. The summed E-state index contributed by atoms with van der Waals surface area (Å²) in [6, 6.07) is 10.4. The second-order valence-corrected chi connectivity index (χ2v) is 6.05. The number of hydrogen-bond donors (Lipinski definition) is 1. The van der Waals surface area contributed by atoms with Gasteiger partial charge in [-0.1, -0.05) is 30.3 Å². The zero-order chi connectivity index (χ0) is 15.2. The molecule has 0 spiro atoms. The van der Waals surface area contributed by atoms with Gasteiger partial charge >= 0.3 is 0 Å². The number of amides is 1. The lowest BCUT2D eigenvalue weighted by molar-refractivity contribution is -0.135. The van der Waals surface area contributed by atoms with Crippen molar-refractivity contribution in [1.82, 2.24) is 9.80 Å². The van der Waals surface area contributed by atoms with Crippen molar-refractivity contribution >= 4 is 5.91 Å². The Kier molecular flexibility index (Phi) is 5.76. The van der Waals surface area contributed by atoms with Crippen molar-refractivity contribution in [3.8, 4) is 0 Å². The standard InChI is InChI=1S/C17H26N2O2/c1-14(2)19(11-15-7-4-3-5-8-15)17(21)12-18-10-6-9-16(18)13-20/h3-5,7-8,14,16,20H,6,9-13H2,1-2H3/t16-/m0/s1. The third kappa shape index (κ3) is 4.29. The van der Waals surface area contributed by atoms with E-state index < -0.39 is 0 Å². The molecule has 1 aliphatic rings. The molecule has 1 aromatic carbocycles. The lowest BCUT2D eigenvalue weighted by Crippen LogP contribution is -2.45. The number of rotatable bonds is 6. The first-order chi connectivity index (χ1) is 10.1. The lowest BCUT2D eigenvalue weighted by atomic mass is 10.2. The van der Waals surface area contributed by atoms with Gasteiger partial charge in [0, 0.05) is 18.6 Å². The molecule has 0 aromatic heterocycles. The Morgan fingerprint density at radius 2 is 2.10 bits per heavy atom. The number of benzene rings is 1. The van der Waals surface area contributed by atoms with E-state index in [1.807, 2.05) is 36.9 Å². The number of carbonyl (C=O) groups excluding carboxylic acids is 1. The van der Waals surface area contributed by atoms with Gasteiger partial charge in [0.15, 0.2) is 0 Å². The van der Waals surface area contributed by atoms with Crippen LogP contribution in [-0.4, -0.2) is 52.6 Å². The Morgan fingerprint density at radius 3 is 2.71 bits per heavy atom. The SMILES string of the molecule is CC(C)N(Cc1ccccc1)C(=O)CN1CCC[C@H]1CO. The minimum Gasteiger partial charge on any atom is -0.395 e. The number of aliphatic hydroxyl groups is 1. The highest BCUT2D eigenvalue weighted by molar-refractivity contribution is 5.78. The highest BCUT2D eigenvalue weighted by atomic mass is 16.3. The number of carbonyl (C=O) groups is 1. The molecule has 4 heteroatoms. The van der Waals surface area contributed by atoms with E-state index >= 15 is 0 Å². The van der Waals surface area contributed by atoms with Crippen molar-refractivity contribution in [1.29, 1.82) is 0 Å². The highest BCUT2D eigenvalue weighted by Crippen LogP contribution is 2.17. The summed E-state index contributed by atoms with van der Waals surface area (Å²) in [4.78, 5) is 16.6. The fraction of sp³-hybridized carbons (Fsp3) is 0.588. The second-order valence-electron chi connectivity index (χ2n) is 6.05. The van der Waals surface area contributed by atoms with Crippen molar-refractivity contribution in [2.45, 2.75) is 45.3 Å². The smallest absolute Gasteiger partial charge is 0.237 e. The molecule has 1 fully saturated rings. The van der Waals surface area contributed by atoms with Gasteiger partial charge in [-0.05, 0) is 38.8 Å². The molecular weight excluding hydrogens is 264 g/mol. The van der Waals surface area contributed by atoms with E-state index in [1.54, 1.807) is 0 Å². The molecule has 4 nitrogen and oxygen atoms in total. The zero-order valence-corrected chi connectivity index (χ0v) is 13.0. The first kappa shape index (κ1) is 16.0. The average molecular weight is 290 g/mol. The van der Waals surface area contributed by atoms with Crippen molar-refractivity contribution in [3.05, 3.63) is 35.9 Å². The number of aliphatic hydroxyl groups excluding tert-OH is 1. The van der Waals surface area contributed by atoms with E-state index in [9.17, 15) is 9.90 Å². The minimum atomic E-state index is 0.146. The Bertz CT molecular complexity index is 447. The van der Waals surface area contributed by atoms with Gasteiger partial charge in [0.05, 0.1) is 13.2 Å². The third-order valence-electron chi connectivity index (χ3n) is 4.19. The maximum atomic E-state index is 12.6. The second kappa shape index (κ2) is 7.57. The molecule has 0 saturated carbocycles. The summed E-state index contributed by atoms with van der Waals surface area (Å²) >= 11 is 0. The summed E-state index contributed by atoms with van der Waals surface area (Å²) in [5.41, 5.74) is 1.15. The minimum absolute atomic E-state index is 0.146. The molecule has 1 aliphatic heterocycles. The molecule has 1 saturated heterocycles. The Morgan fingerprint density at radius 1 is 1.38 bits per heavy atom. The van der Waals surface area contributed by atoms with Gasteiger partial charge in [-0.2, -0.15) is 0 Å². The van der Waals surface area contributed by atoms with Crippen molar-refractivity contribution < 1.29 is 9.90 Å². The summed E-state index contributed by atoms with van der Waals surface area (Å²) < 4.78 is 0. The van der Waals surface area contributed by atoms with Crippen LogP contribution in [0.3, 0.4) is 0 Å². The van der Waals surface area contributed by atoms with Gasteiger partial charge in [-0.15, -0.1) is 0 Å². The van der Waals surface area contributed by atoms with Crippen LogP contribution in [-0.2, 0) is 11.3 Å². The maximum absolute atomic E-state index is 12.6. The number of likely N-dealkylation sites (tertiary alicyclic amines) is 1. The molecule has 21 heavy (non-hydrogen) atoms. The Balaban J connectivity index is 1.99. The van der Waals surface area contributed by atoms with Crippen LogP contribution >= 0.6 is 0 Å². The van der Waals surface area contributed by atoms with Gasteiger partial charge in [0.2, 0.25) is 5.91 Å². The molecule has 2 rings (SSSR count). The van der Waals surface area contributed by atoms with Crippen molar-refractivity contribution in [2.75, 3.05) is 19.7 Å². The predicted molar refractivity (Wildman–Crippen MR) is 83.8 cm³/mol. The van der Waals surface area contributed by atoms with Gasteiger partial charge in [-0.3, -0.25) is 9.69 Å². The van der Waals surface area contributed by atoms with E-state index in [0.717, 1.165) is 24.9 Å². The van der Waals surface area contributed by atoms with Gasteiger partial charge in [0.1, 0.15) is 0 Å². The molecule has 0 radical (unpaired) electrons. The molecule has 1 atom stereocenters. The van der Waals surface area contributed by atoms with Crippen LogP contribution in [0.15, 0.2) is 30.3 Å². The van der Waals surface area contributed by atoms with Crippen LogP contribution in [0, 0.1) is 0 Å². The monoisotopic (exact) mass is 290 g/mol. The third-order valence-corrected chi connectivity index (χ3v) is 4.19. The molecule has 1 aromatic rings. The fourth-order valence-electron chi connectivity index (χ4n) is 2.91. The molecular formula is C17H26N2O2. The van der Waals surface area contributed by atoms with Gasteiger partial charge in [-0.25, -0.2) is 0 Å². The summed E-state index contributed by atoms with van der Waals surface area (Å²) in [5, 5.41) is 9.37. The molecule has 1 heterocycles. The molecule has 116 valence electrons. The van der Waals surface area contributed by atoms with Gasteiger partial charge < -0.3 is 10.0 Å². The summed E-state index contributed by atoms with van der Waals surface area (Å²) in [6.45, 7) is 6.22. The Hall–Kier alpha value is -1.39. The maximum Gasteiger partial charge on any atom is 0.237 e. The number of hydrogen-bond acceptors (Lipinski definition) is 3. The Labute approximate surface area is 127 Å². The van der Waals surface area contributed by atoms with Crippen LogP contribution < -0.4 is 0 Å². The predicted octanol–water partition coefficient (Wildman–Crippen LogP) is 1.88. The topological polar surface area (TPSA) is 43.8 Å². The van der Waals surface area contributed by atoms with Crippen LogP contribution in [0.5, 0.6) is 0 Å². The summed E-state index contributed by atoms with van der Waals surface area (Å²) in [7, 11) is 0. The molecule has 0 unspecified atom stereocenters. The van der Waals surface area contributed by atoms with E-state index in [2.05, 4.69) is 17.0 Å². The lowest BCUT2D eigenvalue weighted by Gasteiger charge is -2.30. The zero-order valence-electron chi connectivity index (χ0n) is 13.0. The molecule has 1 N–H and O–H groups in total. The van der Waals surface area contributed by atoms with Crippen LogP contribution in [0.4, 0.5) is 0 Å². The van der Waals surface area contributed by atoms with Gasteiger partial charge in [0.25, 0.3) is 0 Å². The average Bonchev–Trinajstić information content (AvgIpc) is 2.92. The number of nitrogens with zero attached hydrogens (tertiary/aromatic N) is 2. The fourth-order valence-corrected chi connectivity index (χ4v) is 2.91. The highest BCUT2D eigenvalue weighted by Gasteiger charge is 2.28. The van der Waals surface area contributed by atoms with Crippen LogP contribution in [0.2, 0.25) is 0 Å². The van der Waals surface area contributed by atoms with E-state index in [0.29, 0.717) is 13.1 Å². The van der Waals surface area contributed by atoms with Crippen molar-refractivity contribution in [2.24, 2.45) is 0 Å². The molecule has 0 bridgehead atoms. The summed E-state index contributed by atoms with van der Waals surface area (Å²) in [6.07, 6.45) is 2.06. The van der Waals surface area contributed by atoms with E-state index in [4.69, 9.17) is 0 Å². The van der Waals surface area contributed by atoms with E-state index in [1.165, 1.54) is 0 Å². The van der Waals surface area contributed by atoms with Crippen LogP contribution in [0.25, 0.3) is 0 Å². The molecule has 0 aliphatic carbocycles. The van der Waals surface area contributed by atoms with E-state index in [-0.39, 0.29) is 24.6 Å². The normalized spacial score (nSPS) is 19.1. The largest absolute Gasteiger partial charge is 0.395 e. The van der Waals surface area contributed by atoms with Crippen LogP contribution in [0.1, 0.15) is 32.3 Å². The van der Waals surface area contributed by atoms with Crippen molar-refractivity contribution in [3.63, 3.8) is 0 Å². The first-order valence-corrected chi connectivity index (χ1v) is 7.80.